The molecule has 0 aliphatic heterocycles. The van der Waals surface area contributed by atoms with Gasteiger partial charge in [0, 0.05) is 18.0 Å². The topological polar surface area (TPSA) is 73.9 Å². The predicted octanol–water partition coefficient (Wildman–Crippen LogP) is 1.82. The number of nitrogen functional groups attached to an aromatic ring is 1. The third kappa shape index (κ3) is 2.83. The second kappa shape index (κ2) is 5.13. The number of thioether (sulfide) groups is 1. The quantitative estimate of drug-likeness (QED) is 0.839. The van der Waals surface area contributed by atoms with Crippen LogP contribution in [-0.4, -0.2) is 22.3 Å². The van der Waals surface area contributed by atoms with Crippen LogP contribution in [0.25, 0.3) is 0 Å². The van der Waals surface area contributed by atoms with Crippen LogP contribution in [0.5, 0.6) is 5.75 Å². The molecule has 2 heterocycles. The van der Waals surface area contributed by atoms with E-state index in [9.17, 15) is 0 Å². The maximum Gasteiger partial charge on any atom is 0.203 e. The average molecular weight is 254 g/mol. The fourth-order valence-corrected chi connectivity index (χ4v) is 2.61. The lowest BCUT2D eigenvalue weighted by molar-refractivity contribution is 0.413. The minimum Gasteiger partial charge on any atom is -0.497 e. The Morgan fingerprint density at radius 3 is 3.06 bits per heavy atom. The van der Waals surface area contributed by atoms with Gasteiger partial charge in [-0.2, -0.15) is 0 Å². The molecule has 0 unspecified atom stereocenters. The number of nitrogens with zero attached hydrogens (tertiary/aromatic N) is 3. The van der Waals surface area contributed by atoms with Crippen molar-refractivity contribution >= 4 is 28.2 Å². The van der Waals surface area contributed by atoms with Crippen molar-refractivity contribution < 1.29 is 4.74 Å². The van der Waals surface area contributed by atoms with Crippen LogP contribution in [0.4, 0.5) is 5.13 Å². The minimum atomic E-state index is 0.487. The van der Waals surface area contributed by atoms with Crippen molar-refractivity contribution in [3.63, 3.8) is 0 Å². The Bertz CT molecular complexity index is 474. The van der Waals surface area contributed by atoms with Gasteiger partial charge in [0.1, 0.15) is 5.75 Å². The molecule has 0 radical (unpaired) electrons. The lowest BCUT2D eigenvalue weighted by atomic mass is 10.3. The summed E-state index contributed by atoms with van der Waals surface area (Å²) in [5, 5.41) is 8.15. The Hall–Kier alpha value is -1.34. The molecule has 0 atom stereocenters. The van der Waals surface area contributed by atoms with Crippen LogP contribution in [0.1, 0.15) is 5.69 Å². The van der Waals surface area contributed by atoms with Gasteiger partial charge < -0.3 is 10.5 Å². The highest BCUT2D eigenvalue weighted by molar-refractivity contribution is 8.00. The van der Waals surface area contributed by atoms with Gasteiger partial charge in [0.05, 0.1) is 12.8 Å². The van der Waals surface area contributed by atoms with Crippen molar-refractivity contribution in [1.29, 1.82) is 0 Å². The fraction of sp³-hybridized carbons (Fsp3) is 0.222. The maximum absolute atomic E-state index is 5.49. The molecule has 2 aromatic heterocycles. The monoisotopic (exact) mass is 254 g/mol. The first-order valence-electron chi connectivity index (χ1n) is 4.48. The highest BCUT2D eigenvalue weighted by atomic mass is 32.2. The maximum atomic E-state index is 5.49. The number of methoxy groups -OCH3 is 1. The van der Waals surface area contributed by atoms with Gasteiger partial charge in [0.25, 0.3) is 0 Å². The van der Waals surface area contributed by atoms with E-state index in [0.717, 1.165) is 21.5 Å². The van der Waals surface area contributed by atoms with Crippen molar-refractivity contribution in [2.75, 3.05) is 12.8 Å². The second-order valence-corrected chi connectivity index (χ2v) is 5.11. The summed E-state index contributed by atoms with van der Waals surface area (Å²) in [5.41, 5.74) is 6.43. The molecule has 2 rings (SSSR count). The van der Waals surface area contributed by atoms with Crippen LogP contribution < -0.4 is 10.5 Å². The van der Waals surface area contributed by atoms with E-state index < -0.39 is 0 Å². The van der Waals surface area contributed by atoms with Gasteiger partial charge in [-0.1, -0.05) is 23.1 Å². The van der Waals surface area contributed by atoms with Crippen molar-refractivity contribution in [1.82, 2.24) is 15.2 Å². The van der Waals surface area contributed by atoms with E-state index >= 15 is 0 Å². The van der Waals surface area contributed by atoms with Gasteiger partial charge in [-0.05, 0) is 6.07 Å². The molecular formula is C9H10N4OS2. The zero-order valence-corrected chi connectivity index (χ0v) is 10.2. The SMILES string of the molecule is COc1ccnc(CSc2nnc(N)s2)c1. The number of hydrogen-bond acceptors (Lipinski definition) is 7. The number of nitrogens with two attached hydrogens (primary N) is 1. The number of hydrogen-bond donors (Lipinski definition) is 1. The van der Waals surface area contributed by atoms with Crippen molar-refractivity contribution in [3.05, 3.63) is 24.0 Å². The van der Waals surface area contributed by atoms with Gasteiger partial charge in [-0.25, -0.2) is 0 Å². The van der Waals surface area contributed by atoms with Gasteiger partial charge in [0.2, 0.25) is 5.13 Å². The molecule has 16 heavy (non-hydrogen) atoms. The Kier molecular flexibility index (Phi) is 3.58. The Labute approximate surface area is 101 Å². The van der Waals surface area contributed by atoms with Crippen molar-refractivity contribution in [3.8, 4) is 5.75 Å². The lowest BCUT2D eigenvalue weighted by Crippen LogP contribution is -1.89. The third-order valence-electron chi connectivity index (χ3n) is 1.79. The predicted molar refractivity (Wildman–Crippen MR) is 64.7 cm³/mol. The van der Waals surface area contributed by atoms with E-state index in [0.29, 0.717) is 5.13 Å². The number of anilines is 1. The molecule has 0 saturated carbocycles. The molecular weight excluding hydrogens is 244 g/mol. The molecule has 2 N–H and O–H groups in total. The number of rotatable bonds is 4. The highest BCUT2D eigenvalue weighted by Crippen LogP contribution is 2.26. The first-order valence-corrected chi connectivity index (χ1v) is 6.29. The molecule has 0 aromatic carbocycles. The summed E-state index contributed by atoms with van der Waals surface area (Å²) in [5.74, 6) is 1.54. The molecule has 0 bridgehead atoms. The Balaban J connectivity index is 1.99. The standard InChI is InChI=1S/C9H10N4OS2/c1-14-7-2-3-11-6(4-7)5-15-9-13-12-8(10)16-9/h2-4H,5H2,1H3,(H2,10,12). The third-order valence-corrected chi connectivity index (χ3v) is 3.71. The van der Waals surface area contributed by atoms with Gasteiger partial charge in [0.15, 0.2) is 4.34 Å². The molecule has 0 amide bonds. The van der Waals surface area contributed by atoms with Crippen LogP contribution in [0.15, 0.2) is 22.7 Å². The molecule has 0 spiro atoms. The van der Waals surface area contributed by atoms with E-state index in [-0.39, 0.29) is 0 Å². The Morgan fingerprint density at radius 1 is 1.50 bits per heavy atom. The van der Waals surface area contributed by atoms with E-state index in [4.69, 9.17) is 10.5 Å². The summed E-state index contributed by atoms with van der Waals surface area (Å²) in [6.45, 7) is 0. The fourth-order valence-electron chi connectivity index (χ4n) is 1.08. The highest BCUT2D eigenvalue weighted by Gasteiger charge is 2.03. The Morgan fingerprint density at radius 2 is 2.38 bits per heavy atom. The van der Waals surface area contributed by atoms with E-state index in [2.05, 4.69) is 15.2 Å². The second-order valence-electron chi connectivity index (χ2n) is 2.88. The molecule has 0 saturated heterocycles. The number of ether oxygens (including phenoxy) is 1. The lowest BCUT2D eigenvalue weighted by Gasteiger charge is -2.01. The normalized spacial score (nSPS) is 10.3. The van der Waals surface area contributed by atoms with Crippen LogP contribution >= 0.6 is 23.1 Å². The number of aromatic nitrogens is 3. The van der Waals surface area contributed by atoms with E-state index in [1.54, 1.807) is 25.1 Å². The zero-order chi connectivity index (χ0) is 11.4. The van der Waals surface area contributed by atoms with E-state index in [1.165, 1.54) is 11.3 Å². The van der Waals surface area contributed by atoms with Crippen LogP contribution in [0.3, 0.4) is 0 Å². The van der Waals surface area contributed by atoms with Crippen molar-refractivity contribution in [2.24, 2.45) is 0 Å². The molecule has 0 fully saturated rings. The first-order chi connectivity index (χ1) is 7.78. The van der Waals surface area contributed by atoms with Gasteiger partial charge in [-0.15, -0.1) is 10.2 Å². The smallest absolute Gasteiger partial charge is 0.203 e. The molecule has 7 heteroatoms. The molecule has 0 aliphatic carbocycles. The van der Waals surface area contributed by atoms with Gasteiger partial charge >= 0.3 is 0 Å². The molecule has 84 valence electrons. The van der Waals surface area contributed by atoms with E-state index in [1.807, 2.05) is 12.1 Å². The summed E-state index contributed by atoms with van der Waals surface area (Å²) in [6.07, 6.45) is 1.73. The summed E-state index contributed by atoms with van der Waals surface area (Å²) in [4.78, 5) is 4.23. The summed E-state index contributed by atoms with van der Waals surface area (Å²) in [7, 11) is 1.64. The van der Waals surface area contributed by atoms with Crippen molar-refractivity contribution in [2.45, 2.75) is 10.1 Å². The summed E-state index contributed by atoms with van der Waals surface area (Å²) < 4.78 is 5.97. The summed E-state index contributed by atoms with van der Waals surface area (Å²) in [6, 6.07) is 3.72. The zero-order valence-electron chi connectivity index (χ0n) is 8.58. The largest absolute Gasteiger partial charge is 0.497 e. The minimum absolute atomic E-state index is 0.487. The molecule has 5 nitrogen and oxygen atoms in total. The van der Waals surface area contributed by atoms with Gasteiger partial charge in [-0.3, -0.25) is 4.98 Å². The van der Waals surface area contributed by atoms with Crippen LogP contribution in [0, 0.1) is 0 Å². The summed E-state index contributed by atoms with van der Waals surface area (Å²) >= 11 is 2.94. The average Bonchev–Trinajstić information content (AvgIpc) is 2.73. The van der Waals surface area contributed by atoms with Crippen LogP contribution in [-0.2, 0) is 5.75 Å². The first kappa shape index (κ1) is 11.2. The molecule has 2 aromatic rings. The van der Waals surface area contributed by atoms with Crippen LogP contribution in [0.2, 0.25) is 0 Å². The number of pyridine rings is 1. The molecule has 0 aliphatic rings.